The summed E-state index contributed by atoms with van der Waals surface area (Å²) in [5.74, 6) is 0.294. The molecule has 0 saturated heterocycles. The van der Waals surface area contributed by atoms with Gasteiger partial charge in [0.25, 0.3) is 5.91 Å². The minimum Gasteiger partial charge on any atom is -0.340 e. The summed E-state index contributed by atoms with van der Waals surface area (Å²) in [5.41, 5.74) is 1.85. The molecule has 0 radical (unpaired) electrons. The van der Waals surface area contributed by atoms with Crippen LogP contribution in [0.25, 0.3) is 0 Å². The van der Waals surface area contributed by atoms with Crippen molar-refractivity contribution in [1.29, 1.82) is 0 Å². The van der Waals surface area contributed by atoms with Crippen molar-refractivity contribution in [2.75, 3.05) is 24.2 Å². The summed E-state index contributed by atoms with van der Waals surface area (Å²) in [6.07, 6.45) is 2.00. The maximum atomic E-state index is 12.2. The smallest absolute Gasteiger partial charge is 0.274 e. The first-order chi connectivity index (χ1) is 12.0. The van der Waals surface area contributed by atoms with Crippen LogP contribution in [0.15, 0.2) is 36.4 Å². The average Bonchev–Trinajstić information content (AvgIpc) is 2.61. The lowest BCUT2D eigenvalue weighted by Gasteiger charge is -2.15. The highest BCUT2D eigenvalue weighted by Crippen LogP contribution is 2.17. The molecule has 0 aliphatic rings. The Morgan fingerprint density at radius 3 is 2.28 bits per heavy atom. The van der Waals surface area contributed by atoms with E-state index in [0.717, 1.165) is 24.2 Å². The summed E-state index contributed by atoms with van der Waals surface area (Å²) < 4.78 is 0. The highest BCUT2D eigenvalue weighted by molar-refractivity contribution is 5.92. The molecule has 0 bridgehead atoms. The van der Waals surface area contributed by atoms with Gasteiger partial charge >= 0.3 is 0 Å². The van der Waals surface area contributed by atoms with Gasteiger partial charge in [-0.25, -0.2) is 0 Å². The van der Waals surface area contributed by atoms with Crippen molar-refractivity contribution in [2.24, 2.45) is 0 Å². The van der Waals surface area contributed by atoms with Gasteiger partial charge in [-0.15, -0.1) is 10.2 Å². The highest BCUT2D eigenvalue weighted by Gasteiger charge is 2.13. The first-order valence-electron chi connectivity index (χ1n) is 8.23. The van der Waals surface area contributed by atoms with Crippen LogP contribution in [0, 0.1) is 0 Å². The normalized spacial score (nSPS) is 10.2. The second kappa shape index (κ2) is 8.77. The van der Waals surface area contributed by atoms with Crippen molar-refractivity contribution in [3.8, 4) is 0 Å². The van der Waals surface area contributed by atoms with E-state index < -0.39 is 0 Å². The van der Waals surface area contributed by atoms with Crippen molar-refractivity contribution in [3.63, 3.8) is 0 Å². The van der Waals surface area contributed by atoms with Crippen molar-refractivity contribution >= 4 is 29.0 Å². The highest BCUT2D eigenvalue weighted by atomic mass is 16.2. The van der Waals surface area contributed by atoms with E-state index in [1.54, 1.807) is 36.2 Å². The van der Waals surface area contributed by atoms with Crippen LogP contribution >= 0.6 is 0 Å². The minimum absolute atomic E-state index is 0.115. The Balaban J connectivity index is 1.98. The number of unbranched alkanes of at least 4 members (excludes halogenated alkanes) is 1. The Kier molecular flexibility index (Phi) is 6.45. The number of hydrogen-bond acceptors (Lipinski definition) is 5. The molecular formula is C18H23N5O2. The molecule has 7 nitrogen and oxygen atoms in total. The van der Waals surface area contributed by atoms with Crippen molar-refractivity contribution in [1.82, 2.24) is 15.1 Å². The lowest BCUT2D eigenvalue weighted by atomic mass is 10.2. The predicted molar refractivity (Wildman–Crippen MR) is 97.9 cm³/mol. The molecule has 2 rings (SSSR count). The molecule has 1 heterocycles. The third-order valence-electron chi connectivity index (χ3n) is 3.56. The molecule has 0 spiro atoms. The average molecular weight is 341 g/mol. The lowest BCUT2D eigenvalue weighted by Crippen LogP contribution is -2.28. The Bertz CT molecular complexity index is 713. The van der Waals surface area contributed by atoms with Gasteiger partial charge in [-0.2, -0.15) is 0 Å². The minimum atomic E-state index is -0.132. The topological polar surface area (TPSA) is 87.2 Å². The zero-order valence-corrected chi connectivity index (χ0v) is 14.7. The summed E-state index contributed by atoms with van der Waals surface area (Å²) in [7, 11) is 1.77. The van der Waals surface area contributed by atoms with Crippen molar-refractivity contribution in [2.45, 2.75) is 26.7 Å². The molecule has 0 unspecified atom stereocenters. The SMILES string of the molecule is CCCCN(C)C(=O)c1ccc(Nc2ccc(NC(C)=O)cc2)nn1. The van der Waals surface area contributed by atoms with E-state index in [-0.39, 0.29) is 11.8 Å². The van der Waals surface area contributed by atoms with Crippen LogP contribution in [-0.2, 0) is 4.79 Å². The van der Waals surface area contributed by atoms with Gasteiger partial charge in [-0.1, -0.05) is 13.3 Å². The molecule has 2 aromatic rings. The van der Waals surface area contributed by atoms with Gasteiger partial charge < -0.3 is 15.5 Å². The van der Waals surface area contributed by atoms with E-state index >= 15 is 0 Å². The Morgan fingerprint density at radius 1 is 1.04 bits per heavy atom. The van der Waals surface area contributed by atoms with Crippen LogP contribution in [0.5, 0.6) is 0 Å². The van der Waals surface area contributed by atoms with Gasteiger partial charge in [0, 0.05) is 31.9 Å². The number of amides is 2. The van der Waals surface area contributed by atoms with Gasteiger partial charge in [0.05, 0.1) is 0 Å². The molecule has 0 aliphatic heterocycles. The third-order valence-corrected chi connectivity index (χ3v) is 3.56. The number of nitrogens with one attached hydrogen (secondary N) is 2. The van der Waals surface area contributed by atoms with Crippen LogP contribution in [0.3, 0.4) is 0 Å². The van der Waals surface area contributed by atoms with E-state index in [4.69, 9.17) is 0 Å². The number of carbonyl (C=O) groups is 2. The van der Waals surface area contributed by atoms with E-state index in [9.17, 15) is 9.59 Å². The number of aromatic nitrogens is 2. The second-order valence-electron chi connectivity index (χ2n) is 5.77. The van der Waals surface area contributed by atoms with Gasteiger partial charge in [0.1, 0.15) is 0 Å². The second-order valence-corrected chi connectivity index (χ2v) is 5.77. The summed E-state index contributed by atoms with van der Waals surface area (Å²) in [6, 6.07) is 10.6. The van der Waals surface area contributed by atoms with Crippen LogP contribution in [0.4, 0.5) is 17.2 Å². The maximum Gasteiger partial charge on any atom is 0.274 e. The Hall–Kier alpha value is -2.96. The number of hydrogen-bond donors (Lipinski definition) is 2. The molecule has 25 heavy (non-hydrogen) atoms. The van der Waals surface area contributed by atoms with Gasteiger partial charge in [0.15, 0.2) is 11.5 Å². The molecule has 132 valence electrons. The molecule has 2 amide bonds. The van der Waals surface area contributed by atoms with Crippen LogP contribution in [0.1, 0.15) is 37.2 Å². The van der Waals surface area contributed by atoms with Crippen LogP contribution < -0.4 is 10.6 Å². The molecule has 0 aliphatic carbocycles. The van der Waals surface area contributed by atoms with E-state index in [2.05, 4.69) is 27.8 Å². The van der Waals surface area contributed by atoms with E-state index in [1.165, 1.54) is 6.92 Å². The molecular weight excluding hydrogens is 318 g/mol. The van der Waals surface area contributed by atoms with Gasteiger partial charge in [0.2, 0.25) is 5.91 Å². The molecule has 0 saturated carbocycles. The largest absolute Gasteiger partial charge is 0.340 e. The Labute approximate surface area is 147 Å². The fraction of sp³-hybridized carbons (Fsp3) is 0.333. The van der Waals surface area contributed by atoms with E-state index in [1.807, 2.05) is 12.1 Å². The summed E-state index contributed by atoms with van der Waals surface area (Å²) >= 11 is 0. The van der Waals surface area contributed by atoms with E-state index in [0.29, 0.717) is 18.1 Å². The summed E-state index contributed by atoms with van der Waals surface area (Å²) in [4.78, 5) is 24.9. The maximum absolute atomic E-state index is 12.2. The molecule has 0 fully saturated rings. The quantitative estimate of drug-likeness (QED) is 0.808. The first kappa shape index (κ1) is 18.4. The van der Waals surface area contributed by atoms with Crippen LogP contribution in [-0.4, -0.2) is 40.5 Å². The molecule has 2 N–H and O–H groups in total. The lowest BCUT2D eigenvalue weighted by molar-refractivity contribution is -0.114. The monoisotopic (exact) mass is 341 g/mol. The van der Waals surface area contributed by atoms with Gasteiger partial charge in [-0.3, -0.25) is 9.59 Å². The van der Waals surface area contributed by atoms with Crippen molar-refractivity contribution < 1.29 is 9.59 Å². The predicted octanol–water partition coefficient (Wildman–Crippen LogP) is 3.05. The zero-order chi connectivity index (χ0) is 18.2. The first-order valence-corrected chi connectivity index (χ1v) is 8.23. The van der Waals surface area contributed by atoms with Crippen LogP contribution in [0.2, 0.25) is 0 Å². The molecule has 0 atom stereocenters. The molecule has 7 heteroatoms. The number of carbonyl (C=O) groups excluding carboxylic acids is 2. The zero-order valence-electron chi connectivity index (χ0n) is 14.7. The summed E-state index contributed by atoms with van der Waals surface area (Å²) in [6.45, 7) is 4.25. The number of rotatable bonds is 7. The number of nitrogens with zero attached hydrogens (tertiary/aromatic N) is 3. The molecule has 1 aromatic heterocycles. The van der Waals surface area contributed by atoms with Gasteiger partial charge in [-0.05, 0) is 42.8 Å². The molecule has 1 aromatic carbocycles. The fourth-order valence-corrected chi connectivity index (χ4v) is 2.19. The standard InChI is InChI=1S/C18H23N5O2/c1-4-5-12-23(3)18(25)16-10-11-17(22-21-16)20-15-8-6-14(7-9-15)19-13(2)24/h6-11H,4-5,12H2,1-3H3,(H,19,24)(H,20,22). The number of benzene rings is 1. The van der Waals surface area contributed by atoms with Crippen molar-refractivity contribution in [3.05, 3.63) is 42.1 Å². The fourth-order valence-electron chi connectivity index (χ4n) is 2.19. The number of anilines is 3. The Morgan fingerprint density at radius 2 is 1.72 bits per heavy atom. The summed E-state index contributed by atoms with van der Waals surface area (Å²) in [5, 5.41) is 13.9. The third kappa shape index (κ3) is 5.56.